The van der Waals surface area contributed by atoms with Crippen LogP contribution in [0.1, 0.15) is 26.3 Å². The van der Waals surface area contributed by atoms with Gasteiger partial charge in [-0.2, -0.15) is 0 Å². The van der Waals surface area contributed by atoms with Gasteiger partial charge in [-0.05, 0) is 22.6 Å². The lowest BCUT2D eigenvalue weighted by Crippen LogP contribution is -2.10. The number of nitrogens with zero attached hydrogens (tertiary/aromatic N) is 1. The smallest absolute Gasteiger partial charge is 0.187 e. The predicted molar refractivity (Wildman–Crippen MR) is 104 cm³/mol. The summed E-state index contributed by atoms with van der Waals surface area (Å²) in [6.07, 6.45) is 0. The molecule has 2 nitrogen and oxygen atoms in total. The molecule has 0 amide bonds. The van der Waals surface area contributed by atoms with E-state index in [0.29, 0.717) is 5.69 Å². The molecule has 0 unspecified atom stereocenters. The molecule has 0 N–H and O–H groups in total. The number of para-hydroxylation sites is 1. The van der Waals surface area contributed by atoms with Gasteiger partial charge in [0.2, 0.25) is 0 Å². The minimum absolute atomic E-state index is 0.0187. The van der Waals surface area contributed by atoms with Gasteiger partial charge in [0.15, 0.2) is 5.69 Å². The molecular weight excluding hydrogens is 306 g/mol. The maximum atomic E-state index is 7.13. The Bertz CT molecular complexity index is 1120. The summed E-state index contributed by atoms with van der Waals surface area (Å²) >= 11 is 0. The van der Waals surface area contributed by atoms with Crippen LogP contribution in [0.5, 0.6) is 0 Å². The molecule has 122 valence electrons. The zero-order chi connectivity index (χ0) is 17.6. The van der Waals surface area contributed by atoms with E-state index >= 15 is 0 Å². The fraction of sp³-hybridized carbons (Fsp3) is 0.174. The molecule has 4 rings (SSSR count). The molecular formula is C23H19NO. The van der Waals surface area contributed by atoms with Crippen molar-refractivity contribution in [2.75, 3.05) is 0 Å². The van der Waals surface area contributed by atoms with Gasteiger partial charge in [0.05, 0.1) is 6.57 Å². The molecule has 25 heavy (non-hydrogen) atoms. The second-order valence-electron chi connectivity index (χ2n) is 7.37. The molecule has 0 saturated heterocycles. The van der Waals surface area contributed by atoms with E-state index in [0.717, 1.165) is 33.1 Å². The number of hydrogen-bond donors (Lipinski definition) is 0. The van der Waals surface area contributed by atoms with Crippen molar-refractivity contribution in [2.24, 2.45) is 0 Å². The summed E-state index contributed by atoms with van der Waals surface area (Å²) in [7, 11) is 0. The van der Waals surface area contributed by atoms with Gasteiger partial charge in [-0.15, -0.1) is 0 Å². The van der Waals surface area contributed by atoms with E-state index in [1.54, 1.807) is 0 Å². The van der Waals surface area contributed by atoms with E-state index in [9.17, 15) is 0 Å². The second kappa shape index (κ2) is 5.50. The highest BCUT2D eigenvalue weighted by atomic mass is 16.3. The first-order chi connectivity index (χ1) is 12.0. The first-order valence-electron chi connectivity index (χ1n) is 8.41. The SMILES string of the molecule is [C-]#[N+]c1ccc(-c2cccc3oc4c(C(C)(C)C)cccc4c23)cc1. The van der Waals surface area contributed by atoms with Gasteiger partial charge in [0, 0.05) is 16.3 Å². The van der Waals surface area contributed by atoms with Crippen molar-refractivity contribution in [1.29, 1.82) is 0 Å². The van der Waals surface area contributed by atoms with Crippen LogP contribution in [0.4, 0.5) is 5.69 Å². The standard InChI is InChI=1S/C23H19NO/c1-23(2,3)19-9-5-8-18-21-17(7-6-10-20(21)25-22(18)19)15-11-13-16(24-4)14-12-15/h5-14H,1-3H3. The zero-order valence-electron chi connectivity index (χ0n) is 14.6. The Morgan fingerprint density at radius 2 is 1.60 bits per heavy atom. The van der Waals surface area contributed by atoms with Gasteiger partial charge in [-0.3, -0.25) is 0 Å². The lowest BCUT2D eigenvalue weighted by molar-refractivity contribution is 0.573. The third-order valence-corrected chi connectivity index (χ3v) is 4.64. The maximum absolute atomic E-state index is 7.13. The highest BCUT2D eigenvalue weighted by Gasteiger charge is 2.21. The average Bonchev–Trinajstić information content (AvgIpc) is 2.99. The highest BCUT2D eigenvalue weighted by molar-refractivity contribution is 6.13. The predicted octanol–water partition coefficient (Wildman–Crippen LogP) is 7.10. The average molecular weight is 325 g/mol. The van der Waals surface area contributed by atoms with Crippen molar-refractivity contribution in [3.8, 4) is 11.1 Å². The van der Waals surface area contributed by atoms with E-state index in [1.165, 1.54) is 5.56 Å². The first kappa shape index (κ1) is 15.5. The van der Waals surface area contributed by atoms with Crippen LogP contribution in [-0.4, -0.2) is 0 Å². The molecule has 2 heteroatoms. The molecule has 0 aliphatic rings. The van der Waals surface area contributed by atoms with Gasteiger partial charge in [-0.1, -0.05) is 75.4 Å². The van der Waals surface area contributed by atoms with E-state index < -0.39 is 0 Å². The molecule has 0 radical (unpaired) electrons. The summed E-state index contributed by atoms with van der Waals surface area (Å²) in [4.78, 5) is 3.48. The third kappa shape index (κ3) is 2.49. The summed E-state index contributed by atoms with van der Waals surface area (Å²) in [6.45, 7) is 13.7. The van der Waals surface area contributed by atoms with Crippen molar-refractivity contribution < 1.29 is 4.42 Å². The summed E-state index contributed by atoms with van der Waals surface area (Å²) in [5, 5.41) is 2.28. The number of furan rings is 1. The van der Waals surface area contributed by atoms with Crippen LogP contribution in [0.15, 0.2) is 65.1 Å². The van der Waals surface area contributed by atoms with Crippen molar-refractivity contribution in [3.05, 3.63) is 77.6 Å². The summed E-state index contributed by atoms with van der Waals surface area (Å²) in [6, 6.07) is 20.3. The van der Waals surface area contributed by atoms with Crippen LogP contribution >= 0.6 is 0 Å². The molecule has 0 aliphatic carbocycles. The Kier molecular flexibility index (Phi) is 3.40. The molecule has 0 aliphatic heterocycles. The van der Waals surface area contributed by atoms with Crippen LogP contribution in [0.3, 0.4) is 0 Å². The minimum Gasteiger partial charge on any atom is -0.456 e. The number of benzene rings is 3. The molecule has 0 saturated carbocycles. The molecule has 3 aromatic carbocycles. The quantitative estimate of drug-likeness (QED) is 0.341. The molecule has 0 bridgehead atoms. The highest BCUT2D eigenvalue weighted by Crippen LogP contribution is 2.40. The molecule has 0 spiro atoms. The fourth-order valence-corrected chi connectivity index (χ4v) is 3.39. The summed E-state index contributed by atoms with van der Waals surface area (Å²) in [5.74, 6) is 0. The van der Waals surface area contributed by atoms with Crippen molar-refractivity contribution in [2.45, 2.75) is 26.2 Å². The van der Waals surface area contributed by atoms with Crippen molar-refractivity contribution in [3.63, 3.8) is 0 Å². The van der Waals surface area contributed by atoms with Crippen LogP contribution in [0, 0.1) is 6.57 Å². The monoisotopic (exact) mass is 325 g/mol. The lowest BCUT2D eigenvalue weighted by Gasteiger charge is -2.18. The van der Waals surface area contributed by atoms with Crippen LogP contribution in [0.2, 0.25) is 0 Å². The lowest BCUT2D eigenvalue weighted by atomic mass is 9.85. The molecule has 1 heterocycles. The topological polar surface area (TPSA) is 17.5 Å². The molecule has 0 fully saturated rings. The van der Waals surface area contributed by atoms with Crippen molar-refractivity contribution in [1.82, 2.24) is 0 Å². The van der Waals surface area contributed by atoms with Gasteiger partial charge in [-0.25, -0.2) is 4.85 Å². The van der Waals surface area contributed by atoms with E-state index in [4.69, 9.17) is 11.0 Å². The molecule has 1 aromatic heterocycles. The van der Waals surface area contributed by atoms with Gasteiger partial charge in [0.25, 0.3) is 0 Å². The van der Waals surface area contributed by atoms with Gasteiger partial charge >= 0.3 is 0 Å². The van der Waals surface area contributed by atoms with Crippen molar-refractivity contribution >= 4 is 27.6 Å². The van der Waals surface area contributed by atoms with E-state index in [2.05, 4.69) is 49.9 Å². The molecule has 4 aromatic rings. The Morgan fingerprint density at radius 3 is 2.28 bits per heavy atom. The maximum Gasteiger partial charge on any atom is 0.187 e. The van der Waals surface area contributed by atoms with Gasteiger partial charge < -0.3 is 4.42 Å². The van der Waals surface area contributed by atoms with Gasteiger partial charge in [0.1, 0.15) is 11.2 Å². The second-order valence-corrected chi connectivity index (χ2v) is 7.37. The number of fused-ring (bicyclic) bond motifs is 3. The Balaban J connectivity index is 2.05. The Morgan fingerprint density at radius 1 is 0.880 bits per heavy atom. The minimum atomic E-state index is 0.0187. The zero-order valence-corrected chi connectivity index (χ0v) is 14.6. The number of hydrogen-bond acceptors (Lipinski definition) is 1. The number of rotatable bonds is 1. The van der Waals surface area contributed by atoms with Crippen LogP contribution in [-0.2, 0) is 5.41 Å². The van der Waals surface area contributed by atoms with E-state index in [-0.39, 0.29) is 5.41 Å². The van der Waals surface area contributed by atoms with Crippen LogP contribution < -0.4 is 0 Å². The Hall–Kier alpha value is -3.05. The summed E-state index contributed by atoms with van der Waals surface area (Å²) in [5.41, 5.74) is 6.00. The summed E-state index contributed by atoms with van der Waals surface area (Å²) < 4.78 is 6.27. The van der Waals surface area contributed by atoms with E-state index in [1.807, 2.05) is 36.4 Å². The largest absolute Gasteiger partial charge is 0.456 e. The fourth-order valence-electron chi connectivity index (χ4n) is 3.39. The Labute approximate surface area is 147 Å². The molecule has 0 atom stereocenters. The third-order valence-electron chi connectivity index (χ3n) is 4.64. The van der Waals surface area contributed by atoms with Crippen LogP contribution in [0.25, 0.3) is 37.9 Å². The first-order valence-corrected chi connectivity index (χ1v) is 8.41. The normalized spacial score (nSPS) is 11.8.